The molecule has 0 radical (unpaired) electrons. The second-order valence-electron chi connectivity index (χ2n) is 9.76. The first kappa shape index (κ1) is 28.0. The maximum atomic E-state index is 12.3. The van der Waals surface area contributed by atoms with E-state index in [2.05, 4.69) is 13.0 Å². The number of hydrogen-bond donors (Lipinski definition) is 3. The fourth-order valence-corrected chi connectivity index (χ4v) is 4.37. The zero-order chi connectivity index (χ0) is 23.4. The van der Waals surface area contributed by atoms with Crippen LogP contribution in [0.3, 0.4) is 0 Å². The second-order valence-corrected chi connectivity index (χ2v) is 9.76. The molecule has 31 heavy (non-hydrogen) atoms. The summed E-state index contributed by atoms with van der Waals surface area (Å²) in [5, 5.41) is 30.8. The monoisotopic (exact) mass is 438 g/mol. The van der Waals surface area contributed by atoms with Crippen molar-refractivity contribution in [1.82, 2.24) is 0 Å². The third-order valence-electron chi connectivity index (χ3n) is 6.13. The fraction of sp³-hybridized carbons (Fsp3) is 0.808. The van der Waals surface area contributed by atoms with Crippen molar-refractivity contribution in [1.29, 1.82) is 0 Å². The van der Waals surface area contributed by atoms with Gasteiger partial charge in [-0.25, -0.2) is 0 Å². The Morgan fingerprint density at radius 1 is 1.13 bits per heavy atom. The van der Waals surface area contributed by atoms with E-state index in [0.29, 0.717) is 19.3 Å². The van der Waals surface area contributed by atoms with Gasteiger partial charge >= 0.3 is 0 Å². The van der Waals surface area contributed by atoms with Crippen LogP contribution in [-0.4, -0.2) is 51.1 Å². The van der Waals surface area contributed by atoms with Crippen LogP contribution in [0.15, 0.2) is 24.3 Å². The summed E-state index contributed by atoms with van der Waals surface area (Å²) in [4.78, 5) is 12.3. The normalized spacial score (nSPS) is 25.8. The largest absolute Gasteiger partial charge is 0.393 e. The first-order chi connectivity index (χ1) is 14.6. The molecule has 0 unspecified atom stereocenters. The van der Waals surface area contributed by atoms with Crippen LogP contribution in [0.2, 0.25) is 0 Å². The second kappa shape index (κ2) is 14.2. The molecule has 0 aliphatic heterocycles. The van der Waals surface area contributed by atoms with Crippen LogP contribution >= 0.6 is 0 Å². The summed E-state index contributed by atoms with van der Waals surface area (Å²) in [5.74, 6) is -0.0759. The van der Waals surface area contributed by atoms with E-state index in [1.54, 1.807) is 6.08 Å². The van der Waals surface area contributed by atoms with Gasteiger partial charge in [-0.15, -0.1) is 0 Å². The number of carbonyl (C=O) groups excluding carboxylic acids is 1. The van der Waals surface area contributed by atoms with Gasteiger partial charge in [0.1, 0.15) is 5.60 Å². The molecule has 5 atom stereocenters. The Morgan fingerprint density at radius 3 is 2.48 bits per heavy atom. The Labute approximate surface area is 189 Å². The highest BCUT2D eigenvalue weighted by molar-refractivity contribution is 5.86. The molecule has 0 heterocycles. The van der Waals surface area contributed by atoms with Crippen LogP contribution in [0.4, 0.5) is 0 Å². The summed E-state index contributed by atoms with van der Waals surface area (Å²) in [6.45, 7) is 9.65. The van der Waals surface area contributed by atoms with Crippen molar-refractivity contribution in [2.24, 2.45) is 11.8 Å². The lowest BCUT2D eigenvalue weighted by Crippen LogP contribution is -2.37. The van der Waals surface area contributed by atoms with Crippen LogP contribution in [0, 0.1) is 11.8 Å². The molecule has 1 saturated carbocycles. The third kappa shape index (κ3) is 10.4. The molecule has 5 heteroatoms. The number of allylic oxidation sites excluding steroid dienone is 2. The molecule has 0 aromatic rings. The van der Waals surface area contributed by atoms with Gasteiger partial charge in [-0.05, 0) is 59.3 Å². The molecule has 1 fully saturated rings. The smallest absolute Gasteiger partial charge is 0.164 e. The fourth-order valence-electron chi connectivity index (χ4n) is 4.37. The minimum atomic E-state index is -0.747. The van der Waals surface area contributed by atoms with Crippen LogP contribution in [0.5, 0.6) is 0 Å². The third-order valence-corrected chi connectivity index (χ3v) is 6.13. The van der Waals surface area contributed by atoms with Gasteiger partial charge in [0.2, 0.25) is 0 Å². The maximum Gasteiger partial charge on any atom is 0.164 e. The summed E-state index contributed by atoms with van der Waals surface area (Å²) in [5.41, 5.74) is -0.747. The minimum absolute atomic E-state index is 0.0199. The van der Waals surface area contributed by atoms with Crippen molar-refractivity contribution in [3.05, 3.63) is 24.3 Å². The zero-order valence-corrected chi connectivity index (χ0v) is 20.3. The average Bonchev–Trinajstić information content (AvgIpc) is 2.94. The quantitative estimate of drug-likeness (QED) is 0.254. The lowest BCUT2D eigenvalue weighted by Gasteiger charge is -2.26. The number of rotatable bonds is 15. The van der Waals surface area contributed by atoms with Crippen molar-refractivity contribution < 1.29 is 24.9 Å². The van der Waals surface area contributed by atoms with E-state index < -0.39 is 23.9 Å². The Bertz CT molecular complexity index is 566. The van der Waals surface area contributed by atoms with Gasteiger partial charge in [0.15, 0.2) is 5.78 Å². The predicted octanol–water partition coefficient (Wildman–Crippen LogP) is 4.73. The highest BCUT2D eigenvalue weighted by atomic mass is 16.5. The number of hydrogen-bond acceptors (Lipinski definition) is 5. The van der Waals surface area contributed by atoms with Crippen molar-refractivity contribution in [3.8, 4) is 0 Å². The van der Waals surface area contributed by atoms with E-state index >= 15 is 0 Å². The lowest BCUT2D eigenvalue weighted by molar-refractivity contribution is -0.145. The molecule has 0 saturated heterocycles. The summed E-state index contributed by atoms with van der Waals surface area (Å²) < 4.78 is 5.70. The molecule has 0 aromatic heterocycles. The Morgan fingerprint density at radius 2 is 1.84 bits per heavy atom. The van der Waals surface area contributed by atoms with Crippen LogP contribution in [0.1, 0.15) is 92.4 Å². The number of aliphatic hydroxyl groups excluding tert-OH is 3. The van der Waals surface area contributed by atoms with Gasteiger partial charge in [-0.2, -0.15) is 0 Å². The number of Topliss-reactive ketones (excluding diaryl/α,β-unsaturated/α-hetero) is 1. The molecule has 0 bridgehead atoms. The minimum Gasteiger partial charge on any atom is -0.393 e. The van der Waals surface area contributed by atoms with Crippen molar-refractivity contribution in [2.75, 3.05) is 0 Å². The number of ketones is 1. The number of ether oxygens (including phenoxy) is 1. The summed E-state index contributed by atoms with van der Waals surface area (Å²) in [7, 11) is 0. The molecule has 0 spiro atoms. The van der Waals surface area contributed by atoms with E-state index in [9.17, 15) is 20.1 Å². The summed E-state index contributed by atoms with van der Waals surface area (Å²) >= 11 is 0. The molecular weight excluding hydrogens is 392 g/mol. The van der Waals surface area contributed by atoms with E-state index in [1.165, 1.54) is 0 Å². The topological polar surface area (TPSA) is 87.0 Å². The van der Waals surface area contributed by atoms with Crippen molar-refractivity contribution in [2.45, 2.75) is 122 Å². The van der Waals surface area contributed by atoms with E-state index in [1.807, 2.05) is 39.8 Å². The van der Waals surface area contributed by atoms with E-state index in [0.717, 1.165) is 38.5 Å². The van der Waals surface area contributed by atoms with Gasteiger partial charge in [0, 0.05) is 18.8 Å². The molecule has 1 rings (SSSR count). The molecule has 1 aliphatic carbocycles. The Hall–Kier alpha value is -1.01. The van der Waals surface area contributed by atoms with Crippen molar-refractivity contribution in [3.63, 3.8) is 0 Å². The van der Waals surface area contributed by atoms with E-state index in [4.69, 9.17) is 4.74 Å². The molecule has 0 aromatic carbocycles. The Balaban J connectivity index is 2.45. The molecule has 1 aliphatic rings. The van der Waals surface area contributed by atoms with Crippen molar-refractivity contribution >= 4 is 5.78 Å². The predicted molar refractivity (Wildman–Crippen MR) is 126 cm³/mol. The molecule has 5 nitrogen and oxygen atoms in total. The molecule has 0 amide bonds. The SMILES string of the molecule is CCCCC[C@H](O)/C=C/[C@@H]1[C@@H](C/C=C/CCCC(=O)C(C)(C)OC(C)C)[C@@H](O)C[C@H]1O. The zero-order valence-electron chi connectivity index (χ0n) is 20.3. The Kier molecular flexibility index (Phi) is 12.8. The summed E-state index contributed by atoms with van der Waals surface area (Å²) in [6, 6.07) is 0. The number of aliphatic hydroxyl groups is 3. The first-order valence-electron chi connectivity index (χ1n) is 12.2. The van der Waals surface area contributed by atoms with Crippen LogP contribution < -0.4 is 0 Å². The van der Waals surface area contributed by atoms with Gasteiger partial charge in [-0.1, -0.05) is 50.5 Å². The number of carbonyl (C=O) groups is 1. The average molecular weight is 439 g/mol. The molecule has 3 N–H and O–H groups in total. The van der Waals surface area contributed by atoms with Crippen LogP contribution in [-0.2, 0) is 9.53 Å². The molecule has 180 valence electrons. The maximum absolute atomic E-state index is 12.3. The molecular formula is C26H46O5. The highest BCUT2D eigenvalue weighted by Crippen LogP contribution is 2.36. The highest BCUT2D eigenvalue weighted by Gasteiger charge is 2.39. The van der Waals surface area contributed by atoms with Gasteiger partial charge < -0.3 is 20.1 Å². The number of unbranched alkanes of at least 4 members (excludes halogenated alkanes) is 3. The van der Waals surface area contributed by atoms with Gasteiger partial charge in [0.05, 0.1) is 24.4 Å². The first-order valence-corrected chi connectivity index (χ1v) is 12.2. The van der Waals surface area contributed by atoms with Gasteiger partial charge in [-0.3, -0.25) is 4.79 Å². The van der Waals surface area contributed by atoms with Crippen LogP contribution in [0.25, 0.3) is 0 Å². The summed E-state index contributed by atoms with van der Waals surface area (Å²) in [6.07, 6.45) is 13.2. The standard InChI is InChI=1S/C26H46O5/c1-6-7-10-13-20(27)16-17-22-21(23(28)18-24(22)29)14-11-8-9-12-15-25(30)26(4,5)31-19(2)3/h8,11,16-17,19-24,27-29H,6-7,9-10,12-15,18H2,1-5H3/b11-8+,17-16+/t20-,21+,22+,23-,24+/m0/s1. The van der Waals surface area contributed by atoms with E-state index in [-0.39, 0.29) is 23.7 Å². The lowest BCUT2D eigenvalue weighted by atomic mass is 9.89. The van der Waals surface area contributed by atoms with Gasteiger partial charge in [0.25, 0.3) is 0 Å².